The molecule has 6 rings (SSSR count). The highest BCUT2D eigenvalue weighted by molar-refractivity contribution is 6.16. The van der Waals surface area contributed by atoms with Gasteiger partial charge in [0.25, 0.3) is 0 Å². The lowest BCUT2D eigenvalue weighted by Crippen LogP contribution is -2.51. The molecule has 1 N–H and O–H groups in total. The number of amides is 1. The fraction of sp³-hybridized carbons (Fsp3) is 0.233. The number of hydrogen-bond donors (Lipinski definition) is 1. The van der Waals surface area contributed by atoms with E-state index in [-0.39, 0.29) is 18.3 Å². The minimum atomic E-state index is -1.35. The number of anilines is 2. The van der Waals surface area contributed by atoms with E-state index in [2.05, 4.69) is 5.32 Å². The maximum atomic E-state index is 14.5. The van der Waals surface area contributed by atoms with E-state index in [4.69, 9.17) is 9.47 Å². The van der Waals surface area contributed by atoms with E-state index in [1.54, 1.807) is 31.2 Å². The van der Waals surface area contributed by atoms with Crippen molar-refractivity contribution in [2.75, 3.05) is 23.9 Å². The molecule has 4 unspecified atom stereocenters. The molecule has 1 saturated heterocycles. The van der Waals surface area contributed by atoms with E-state index < -0.39 is 29.4 Å². The second kappa shape index (κ2) is 8.62. The van der Waals surface area contributed by atoms with Gasteiger partial charge in [-0.1, -0.05) is 60.7 Å². The number of hydrogen-bond acceptors (Lipinski definition) is 6. The zero-order valence-electron chi connectivity index (χ0n) is 20.5. The Kier molecular flexibility index (Phi) is 5.37. The maximum absolute atomic E-state index is 14.5. The van der Waals surface area contributed by atoms with E-state index in [1.165, 1.54) is 7.11 Å². The van der Waals surface area contributed by atoms with Gasteiger partial charge >= 0.3 is 5.97 Å². The van der Waals surface area contributed by atoms with Crippen molar-refractivity contribution in [2.45, 2.75) is 24.4 Å². The number of ether oxygens (including phenoxy) is 2. The van der Waals surface area contributed by atoms with Crippen molar-refractivity contribution in [1.82, 2.24) is 0 Å². The number of ketones is 1. The number of nitrogens with zero attached hydrogens (tertiary/aromatic N) is 1. The van der Waals surface area contributed by atoms with Crippen molar-refractivity contribution >= 4 is 35.1 Å². The smallest absolute Gasteiger partial charge is 0.329 e. The highest BCUT2D eigenvalue weighted by atomic mass is 16.5. The van der Waals surface area contributed by atoms with Crippen LogP contribution >= 0.6 is 0 Å². The molecule has 0 bridgehead atoms. The first-order valence-electron chi connectivity index (χ1n) is 12.3. The number of carbonyl (C=O) groups excluding carboxylic acids is 3. The topological polar surface area (TPSA) is 84.9 Å². The van der Waals surface area contributed by atoms with Crippen LogP contribution in [0.2, 0.25) is 0 Å². The molecule has 1 fully saturated rings. The number of rotatable bonds is 5. The molecule has 3 heterocycles. The largest absolute Gasteiger partial charge is 0.497 e. The molecular formula is C30H26N2O5. The van der Waals surface area contributed by atoms with E-state index in [0.717, 1.165) is 11.3 Å². The van der Waals surface area contributed by atoms with Crippen LogP contribution in [0.15, 0.2) is 78.9 Å². The first-order chi connectivity index (χ1) is 18.0. The van der Waals surface area contributed by atoms with Gasteiger partial charge in [-0.3, -0.25) is 9.59 Å². The van der Waals surface area contributed by atoms with Crippen LogP contribution in [0.3, 0.4) is 0 Å². The molecule has 7 heteroatoms. The van der Waals surface area contributed by atoms with Crippen LogP contribution in [0.4, 0.5) is 11.4 Å². The molecule has 0 aromatic heterocycles. The predicted molar refractivity (Wildman–Crippen MR) is 140 cm³/mol. The SMILES string of the molecule is CCOC(=O)C1C(C(=O)c2cccc(OC)c2)C2(C(=O)Nc3ccccc32)C2C=Cc3ccccc3N12. The number of methoxy groups -OCH3 is 1. The average molecular weight is 495 g/mol. The van der Waals surface area contributed by atoms with Gasteiger partial charge in [-0.25, -0.2) is 4.79 Å². The normalized spacial score (nSPS) is 24.8. The summed E-state index contributed by atoms with van der Waals surface area (Å²) in [5, 5.41) is 3.01. The van der Waals surface area contributed by atoms with E-state index in [0.29, 0.717) is 22.6 Å². The van der Waals surface area contributed by atoms with E-state index in [1.807, 2.05) is 65.6 Å². The summed E-state index contributed by atoms with van der Waals surface area (Å²) in [6, 6.07) is 20.3. The summed E-state index contributed by atoms with van der Waals surface area (Å²) in [6.45, 7) is 1.89. The first-order valence-corrected chi connectivity index (χ1v) is 12.3. The zero-order chi connectivity index (χ0) is 25.7. The Morgan fingerprint density at radius 3 is 2.62 bits per heavy atom. The summed E-state index contributed by atoms with van der Waals surface area (Å²) in [7, 11) is 1.53. The average Bonchev–Trinajstić information content (AvgIpc) is 3.41. The van der Waals surface area contributed by atoms with Crippen LogP contribution < -0.4 is 15.0 Å². The summed E-state index contributed by atoms with van der Waals surface area (Å²) in [4.78, 5) is 44.3. The van der Waals surface area contributed by atoms with Gasteiger partial charge in [-0.05, 0) is 42.3 Å². The number of esters is 1. The van der Waals surface area contributed by atoms with E-state index >= 15 is 0 Å². The van der Waals surface area contributed by atoms with Gasteiger partial charge in [0.1, 0.15) is 17.2 Å². The lowest BCUT2D eigenvalue weighted by molar-refractivity contribution is -0.145. The summed E-state index contributed by atoms with van der Waals surface area (Å²) < 4.78 is 10.9. The number of carbonyl (C=O) groups is 3. The van der Waals surface area contributed by atoms with Gasteiger partial charge in [-0.15, -0.1) is 0 Å². The van der Waals surface area contributed by atoms with Crippen molar-refractivity contribution in [1.29, 1.82) is 0 Å². The third kappa shape index (κ3) is 3.16. The molecule has 37 heavy (non-hydrogen) atoms. The molecule has 3 aliphatic rings. The maximum Gasteiger partial charge on any atom is 0.329 e. The molecule has 0 aliphatic carbocycles. The van der Waals surface area contributed by atoms with Gasteiger partial charge in [0.05, 0.1) is 25.7 Å². The molecule has 0 radical (unpaired) electrons. The molecule has 3 aromatic rings. The van der Waals surface area contributed by atoms with Gasteiger partial charge in [0.15, 0.2) is 5.78 Å². The first kappa shape index (κ1) is 23.0. The standard InChI is InChI=1S/C30H26N2O5/c1-3-37-28(34)26-25(27(33)19-10-8-11-20(17-19)36-2)30(21-12-5-6-13-22(21)31-29(30)35)24-16-15-18-9-4-7-14-23(18)32(24)26/h4-17,24-26H,3H2,1-2H3,(H,31,35). The number of Topliss-reactive ketones (excluding diaryl/α,β-unsaturated/α-hetero) is 1. The third-order valence-corrected chi connectivity index (χ3v) is 7.71. The second-order valence-corrected chi connectivity index (χ2v) is 9.41. The molecule has 0 saturated carbocycles. The van der Waals surface area contributed by atoms with Crippen molar-refractivity contribution < 1.29 is 23.9 Å². The van der Waals surface area contributed by atoms with Crippen molar-refractivity contribution in [3.8, 4) is 5.75 Å². The lowest BCUT2D eigenvalue weighted by Gasteiger charge is -2.37. The Bertz CT molecular complexity index is 1460. The second-order valence-electron chi connectivity index (χ2n) is 9.41. The predicted octanol–water partition coefficient (Wildman–Crippen LogP) is 4.23. The van der Waals surface area contributed by atoms with Crippen LogP contribution in [-0.4, -0.2) is 43.5 Å². The van der Waals surface area contributed by atoms with Gasteiger partial charge < -0.3 is 19.7 Å². The molecule has 3 aliphatic heterocycles. The number of fused-ring (bicyclic) bond motifs is 6. The lowest BCUT2D eigenvalue weighted by atomic mass is 9.64. The fourth-order valence-electron chi connectivity index (χ4n) is 6.28. The molecule has 3 aromatic carbocycles. The van der Waals surface area contributed by atoms with Crippen molar-refractivity contribution in [2.24, 2.45) is 5.92 Å². The van der Waals surface area contributed by atoms with Gasteiger partial charge in [0, 0.05) is 16.9 Å². The molecule has 1 spiro atoms. The van der Waals surface area contributed by atoms with Crippen LogP contribution in [0.1, 0.15) is 28.4 Å². The zero-order valence-corrected chi connectivity index (χ0v) is 20.5. The van der Waals surface area contributed by atoms with Crippen LogP contribution in [0, 0.1) is 5.92 Å². The Morgan fingerprint density at radius 1 is 1.03 bits per heavy atom. The molecular weight excluding hydrogens is 468 g/mol. The fourth-order valence-corrected chi connectivity index (χ4v) is 6.28. The molecule has 186 valence electrons. The molecule has 7 nitrogen and oxygen atoms in total. The Hall–Kier alpha value is -4.39. The summed E-state index contributed by atoms with van der Waals surface area (Å²) in [5.74, 6) is -1.69. The Labute approximate surface area is 214 Å². The molecule has 4 atom stereocenters. The van der Waals surface area contributed by atoms with Crippen molar-refractivity contribution in [3.63, 3.8) is 0 Å². The van der Waals surface area contributed by atoms with Gasteiger partial charge in [0.2, 0.25) is 5.91 Å². The summed E-state index contributed by atoms with van der Waals surface area (Å²) in [6.07, 6.45) is 3.90. The van der Waals surface area contributed by atoms with Gasteiger partial charge in [-0.2, -0.15) is 0 Å². The minimum Gasteiger partial charge on any atom is -0.497 e. The number of nitrogens with one attached hydrogen (secondary N) is 1. The van der Waals surface area contributed by atoms with Crippen LogP contribution in [0.5, 0.6) is 5.75 Å². The monoisotopic (exact) mass is 494 g/mol. The van der Waals surface area contributed by atoms with Crippen molar-refractivity contribution in [3.05, 3.63) is 95.6 Å². The highest BCUT2D eigenvalue weighted by Gasteiger charge is 2.70. The quantitative estimate of drug-likeness (QED) is 0.422. The van der Waals surface area contributed by atoms with E-state index in [9.17, 15) is 14.4 Å². The summed E-state index contributed by atoms with van der Waals surface area (Å²) >= 11 is 0. The number of para-hydroxylation sites is 2. The Balaban J connectivity index is 1.65. The minimum absolute atomic E-state index is 0.154. The summed E-state index contributed by atoms with van der Waals surface area (Å²) in [5.41, 5.74) is 2.06. The third-order valence-electron chi connectivity index (χ3n) is 7.71. The molecule has 1 amide bonds. The van der Waals surface area contributed by atoms with Crippen LogP contribution in [0.25, 0.3) is 6.08 Å². The van der Waals surface area contributed by atoms with Crippen LogP contribution in [-0.2, 0) is 19.7 Å². The highest BCUT2D eigenvalue weighted by Crippen LogP contribution is 2.57. The number of benzene rings is 3. The Morgan fingerprint density at radius 2 is 1.81 bits per heavy atom.